The van der Waals surface area contributed by atoms with Gasteiger partial charge in [-0.15, -0.1) is 0 Å². The molecule has 186 valence electrons. The number of benzene rings is 2. The molecule has 2 rings (SSSR count). The first kappa shape index (κ1) is 28.2. The number of carbonyl (C=O) groups is 2. The van der Waals surface area contributed by atoms with E-state index in [4.69, 9.17) is 34.8 Å². The Hall–Kier alpha value is -2.00. The van der Waals surface area contributed by atoms with Crippen molar-refractivity contribution in [3.8, 4) is 0 Å². The van der Waals surface area contributed by atoms with E-state index in [0.29, 0.717) is 10.6 Å². The first-order valence-electron chi connectivity index (χ1n) is 10.6. The number of hydrogen-bond acceptors (Lipinski definition) is 4. The molecule has 0 saturated heterocycles. The quantitative estimate of drug-likeness (QED) is 0.464. The normalized spacial score (nSPS) is 13.1. The van der Waals surface area contributed by atoms with Crippen LogP contribution in [-0.4, -0.2) is 50.0 Å². The minimum Gasteiger partial charge on any atom is -0.352 e. The molecular weight excluding hydrogens is 521 g/mol. The number of sulfonamides is 1. The zero-order chi connectivity index (χ0) is 25.6. The Bertz CT molecular complexity index is 1140. The number of nitrogens with one attached hydrogen (secondary N) is 1. The minimum atomic E-state index is -3.87. The van der Waals surface area contributed by atoms with E-state index in [-0.39, 0.29) is 34.2 Å². The van der Waals surface area contributed by atoms with Gasteiger partial charge in [0.2, 0.25) is 21.8 Å². The first-order valence-corrected chi connectivity index (χ1v) is 13.6. The summed E-state index contributed by atoms with van der Waals surface area (Å²) in [5.41, 5.74) is 0.806. The van der Waals surface area contributed by atoms with Gasteiger partial charge < -0.3 is 10.2 Å². The third-order valence-corrected chi connectivity index (χ3v) is 7.59. The summed E-state index contributed by atoms with van der Waals surface area (Å²) in [5, 5.41) is 3.69. The summed E-state index contributed by atoms with van der Waals surface area (Å²) in [6, 6.07) is 10.3. The summed E-state index contributed by atoms with van der Waals surface area (Å²) in [6.45, 7) is 4.87. The number of nitrogens with zero attached hydrogens (tertiary/aromatic N) is 2. The highest BCUT2D eigenvalue weighted by Gasteiger charge is 2.31. The topological polar surface area (TPSA) is 86.8 Å². The van der Waals surface area contributed by atoms with Crippen molar-refractivity contribution in [1.82, 2.24) is 10.2 Å². The van der Waals surface area contributed by atoms with Crippen molar-refractivity contribution in [2.24, 2.45) is 0 Å². The molecule has 0 heterocycles. The highest BCUT2D eigenvalue weighted by atomic mass is 35.5. The molecule has 7 nitrogen and oxygen atoms in total. The Labute approximate surface area is 216 Å². The number of amides is 2. The van der Waals surface area contributed by atoms with Crippen LogP contribution in [0.5, 0.6) is 0 Å². The number of hydrogen-bond donors (Lipinski definition) is 1. The molecule has 11 heteroatoms. The van der Waals surface area contributed by atoms with E-state index in [2.05, 4.69) is 5.32 Å². The van der Waals surface area contributed by atoms with Crippen LogP contribution >= 0.6 is 34.8 Å². The Balaban J connectivity index is 2.42. The fraction of sp³-hybridized carbons (Fsp3) is 0.391. The Morgan fingerprint density at radius 1 is 1.00 bits per heavy atom. The lowest BCUT2D eigenvalue weighted by Crippen LogP contribution is -2.52. The monoisotopic (exact) mass is 547 g/mol. The standard InChI is InChI=1S/C23H28Cl3N3O4S/c1-5-15(2)27-23(31)16(3)28(13-17-8-6-7-9-19(17)24)22(30)14-29(34(4,32)33)18-10-11-20(25)21(26)12-18/h6-12,15-16H,5,13-14H2,1-4H3,(H,27,31)/t15-,16-/m0/s1. The number of halogens is 3. The summed E-state index contributed by atoms with van der Waals surface area (Å²) in [5.74, 6) is -0.932. The molecule has 0 unspecified atom stereocenters. The van der Waals surface area contributed by atoms with Crippen LogP contribution < -0.4 is 9.62 Å². The molecular formula is C23H28Cl3N3O4S. The van der Waals surface area contributed by atoms with Crippen LogP contribution in [-0.2, 0) is 26.2 Å². The highest BCUT2D eigenvalue weighted by Crippen LogP contribution is 2.29. The second-order valence-electron chi connectivity index (χ2n) is 7.97. The summed E-state index contributed by atoms with van der Waals surface area (Å²) < 4.78 is 26.1. The number of rotatable bonds is 10. The Kier molecular flexibility index (Phi) is 10.1. The van der Waals surface area contributed by atoms with Crippen LogP contribution in [0.4, 0.5) is 5.69 Å². The van der Waals surface area contributed by atoms with Crippen molar-refractivity contribution < 1.29 is 18.0 Å². The van der Waals surface area contributed by atoms with E-state index in [1.165, 1.54) is 23.1 Å². The molecule has 0 aliphatic heterocycles. The molecule has 34 heavy (non-hydrogen) atoms. The van der Waals surface area contributed by atoms with Crippen molar-refractivity contribution >= 4 is 62.3 Å². The highest BCUT2D eigenvalue weighted by molar-refractivity contribution is 7.92. The molecule has 2 atom stereocenters. The second kappa shape index (κ2) is 12.1. The zero-order valence-corrected chi connectivity index (χ0v) is 22.5. The van der Waals surface area contributed by atoms with Gasteiger partial charge >= 0.3 is 0 Å². The van der Waals surface area contributed by atoms with Crippen molar-refractivity contribution in [1.29, 1.82) is 0 Å². The molecule has 0 radical (unpaired) electrons. The second-order valence-corrected chi connectivity index (χ2v) is 11.1. The largest absolute Gasteiger partial charge is 0.352 e. The van der Waals surface area contributed by atoms with E-state index < -0.39 is 28.5 Å². The van der Waals surface area contributed by atoms with Crippen LogP contribution in [0.3, 0.4) is 0 Å². The van der Waals surface area contributed by atoms with E-state index in [1.54, 1.807) is 31.2 Å². The van der Waals surface area contributed by atoms with Crippen LogP contribution in [0.25, 0.3) is 0 Å². The molecule has 0 bridgehead atoms. The summed E-state index contributed by atoms with van der Waals surface area (Å²) in [4.78, 5) is 27.7. The molecule has 2 aromatic rings. The van der Waals surface area contributed by atoms with Crippen molar-refractivity contribution in [2.75, 3.05) is 17.1 Å². The minimum absolute atomic E-state index is 0.0204. The first-order chi connectivity index (χ1) is 15.8. The lowest BCUT2D eigenvalue weighted by Gasteiger charge is -2.32. The lowest BCUT2D eigenvalue weighted by atomic mass is 10.1. The van der Waals surface area contributed by atoms with Crippen LogP contribution in [0.2, 0.25) is 15.1 Å². The third kappa shape index (κ3) is 7.50. The molecule has 0 spiro atoms. The fourth-order valence-electron chi connectivity index (χ4n) is 3.11. The number of anilines is 1. The summed E-state index contributed by atoms with van der Waals surface area (Å²) >= 11 is 18.3. The predicted octanol–water partition coefficient (Wildman–Crippen LogP) is 4.74. The van der Waals surface area contributed by atoms with E-state index in [9.17, 15) is 18.0 Å². The van der Waals surface area contributed by atoms with Gasteiger partial charge in [-0.05, 0) is 50.1 Å². The van der Waals surface area contributed by atoms with Crippen molar-refractivity contribution in [2.45, 2.75) is 45.8 Å². The van der Waals surface area contributed by atoms with Gasteiger partial charge in [-0.1, -0.05) is 59.9 Å². The van der Waals surface area contributed by atoms with Gasteiger partial charge in [0.1, 0.15) is 12.6 Å². The molecule has 2 amide bonds. The molecule has 0 aliphatic carbocycles. The predicted molar refractivity (Wildman–Crippen MR) is 138 cm³/mol. The third-order valence-electron chi connectivity index (χ3n) is 5.34. The van der Waals surface area contributed by atoms with Crippen LogP contribution in [0, 0.1) is 0 Å². The van der Waals surface area contributed by atoms with Gasteiger partial charge in [-0.2, -0.15) is 0 Å². The Morgan fingerprint density at radius 3 is 2.21 bits per heavy atom. The van der Waals surface area contributed by atoms with Crippen molar-refractivity contribution in [3.05, 3.63) is 63.1 Å². The lowest BCUT2D eigenvalue weighted by molar-refractivity contribution is -0.139. The summed E-state index contributed by atoms with van der Waals surface area (Å²) in [7, 11) is -3.87. The zero-order valence-electron chi connectivity index (χ0n) is 19.4. The van der Waals surface area contributed by atoms with Gasteiger partial charge in [0.05, 0.1) is 22.0 Å². The maximum atomic E-state index is 13.5. The SMILES string of the molecule is CC[C@H](C)NC(=O)[C@H](C)N(Cc1ccccc1Cl)C(=O)CN(c1ccc(Cl)c(Cl)c1)S(C)(=O)=O. The molecule has 1 N–H and O–H groups in total. The summed E-state index contributed by atoms with van der Waals surface area (Å²) in [6.07, 6.45) is 1.70. The Morgan fingerprint density at radius 2 is 1.65 bits per heavy atom. The maximum absolute atomic E-state index is 13.5. The molecule has 0 aromatic heterocycles. The van der Waals surface area contributed by atoms with E-state index in [0.717, 1.165) is 17.0 Å². The fourth-order valence-corrected chi connectivity index (χ4v) is 4.44. The van der Waals surface area contributed by atoms with Gasteiger partial charge in [0.15, 0.2) is 0 Å². The van der Waals surface area contributed by atoms with E-state index >= 15 is 0 Å². The van der Waals surface area contributed by atoms with Crippen LogP contribution in [0.1, 0.15) is 32.8 Å². The van der Waals surface area contributed by atoms with Gasteiger partial charge in [-0.25, -0.2) is 8.42 Å². The number of carbonyl (C=O) groups excluding carboxylic acids is 2. The maximum Gasteiger partial charge on any atom is 0.244 e. The van der Waals surface area contributed by atoms with Crippen LogP contribution in [0.15, 0.2) is 42.5 Å². The van der Waals surface area contributed by atoms with Gasteiger partial charge in [-0.3, -0.25) is 13.9 Å². The average Bonchev–Trinajstić information content (AvgIpc) is 2.77. The molecule has 0 aliphatic rings. The van der Waals surface area contributed by atoms with Gasteiger partial charge in [0, 0.05) is 17.6 Å². The van der Waals surface area contributed by atoms with Crippen molar-refractivity contribution in [3.63, 3.8) is 0 Å². The van der Waals surface area contributed by atoms with E-state index in [1.807, 2.05) is 13.8 Å². The average molecular weight is 549 g/mol. The molecule has 0 saturated carbocycles. The molecule has 2 aromatic carbocycles. The van der Waals surface area contributed by atoms with Gasteiger partial charge in [0.25, 0.3) is 0 Å². The molecule has 0 fully saturated rings. The smallest absolute Gasteiger partial charge is 0.244 e.